The Morgan fingerprint density at radius 3 is 3.00 bits per heavy atom. The minimum atomic E-state index is 0.567. The topological polar surface area (TPSA) is 34.9 Å². The van der Waals surface area contributed by atoms with Crippen LogP contribution in [0.15, 0.2) is 18.2 Å². The van der Waals surface area contributed by atoms with Gasteiger partial charge in [-0.1, -0.05) is 0 Å². The fourth-order valence-electron chi connectivity index (χ4n) is 1.52. The Labute approximate surface area is 98.2 Å². The monoisotopic (exact) mass is 378 g/mol. The number of hydrogen-bond donors (Lipinski definition) is 0. The zero-order valence-corrected chi connectivity index (χ0v) is 12.4. The van der Waals surface area contributed by atoms with Crippen LogP contribution < -0.4 is 0 Å². The van der Waals surface area contributed by atoms with Gasteiger partial charge in [-0.3, -0.25) is 0 Å². The van der Waals surface area contributed by atoms with Crippen molar-refractivity contribution < 1.29 is 4.79 Å². The normalized spacial score (nSPS) is 10.6. The molecule has 0 fully saturated rings. The summed E-state index contributed by atoms with van der Waals surface area (Å²) < 4.78 is 1.90. The van der Waals surface area contributed by atoms with E-state index in [0.717, 1.165) is 23.6 Å². The van der Waals surface area contributed by atoms with Crippen molar-refractivity contribution in [3.8, 4) is 0 Å². The van der Waals surface area contributed by atoms with E-state index in [4.69, 9.17) is 0 Å². The van der Waals surface area contributed by atoms with Gasteiger partial charge in [0.15, 0.2) is 0 Å². The molecule has 68 valence electrons. The van der Waals surface area contributed by atoms with Crippen molar-refractivity contribution in [1.82, 2.24) is 7.59 Å². The Morgan fingerprint density at radius 1 is 1.57 bits per heavy atom. The SMILES string of the molecule is CCc1ccc2c(c1)c(C=O)n[n]2[Tl]. The van der Waals surface area contributed by atoms with Crippen LogP contribution >= 0.6 is 0 Å². The molecule has 3 nitrogen and oxygen atoms in total. The van der Waals surface area contributed by atoms with E-state index in [0.29, 0.717) is 31.8 Å². The second-order valence-electron chi connectivity index (χ2n) is 3.15. The van der Waals surface area contributed by atoms with Crippen molar-refractivity contribution in [2.45, 2.75) is 13.3 Å². The second-order valence-corrected chi connectivity index (χ2v) is 5.05. The molecule has 1 heterocycles. The Morgan fingerprint density at radius 2 is 2.36 bits per heavy atom. The zero-order chi connectivity index (χ0) is 10.1. The Kier molecular flexibility index (Phi) is 2.67. The van der Waals surface area contributed by atoms with Crippen LogP contribution in [-0.4, -0.2) is 39.9 Å². The molecule has 0 amide bonds. The third kappa shape index (κ3) is 1.49. The number of aryl methyl sites for hydroxylation is 1. The number of carbonyl (C=O) groups is 1. The predicted octanol–water partition coefficient (Wildman–Crippen LogP) is 1.34. The van der Waals surface area contributed by atoms with Crippen molar-refractivity contribution in [1.29, 1.82) is 0 Å². The van der Waals surface area contributed by atoms with Crippen molar-refractivity contribution in [2.75, 3.05) is 0 Å². The number of carbonyl (C=O) groups excluding carboxylic acids is 1. The summed E-state index contributed by atoms with van der Waals surface area (Å²) in [6.45, 7) is 2.11. The first-order valence-electron chi connectivity index (χ1n) is 4.48. The minimum absolute atomic E-state index is 0.567. The van der Waals surface area contributed by atoms with E-state index in [9.17, 15) is 4.79 Å². The van der Waals surface area contributed by atoms with Gasteiger partial charge in [-0.05, 0) is 0 Å². The molecule has 14 heavy (non-hydrogen) atoms. The number of rotatable bonds is 2. The standard InChI is InChI=1S/C10H10N2O.Tl/c1-2-7-3-4-9-8(5-7)10(6-13)12-11-9;/h3-6H,2H2,1H3,(H,11,12,13);/q;+1/p-1. The Hall–Kier alpha value is -0.718. The fraction of sp³-hybridized carbons (Fsp3) is 0.200. The molecule has 0 radical (unpaired) electrons. The molecule has 0 aliphatic carbocycles. The average Bonchev–Trinajstić information content (AvgIpc) is 2.55. The van der Waals surface area contributed by atoms with Crippen molar-refractivity contribution >= 4 is 43.3 Å². The number of aromatic nitrogens is 2. The summed E-state index contributed by atoms with van der Waals surface area (Å²) >= 11 is 0.601. The van der Waals surface area contributed by atoms with Crippen molar-refractivity contribution in [3.05, 3.63) is 29.5 Å². The first-order chi connectivity index (χ1) is 6.76. The summed E-state index contributed by atoms with van der Waals surface area (Å²) in [5.74, 6) is 0. The van der Waals surface area contributed by atoms with E-state index in [-0.39, 0.29) is 0 Å². The third-order valence-electron chi connectivity index (χ3n) is 2.32. The quantitative estimate of drug-likeness (QED) is 0.585. The molecule has 0 spiro atoms. The van der Waals surface area contributed by atoms with Gasteiger partial charge in [0.25, 0.3) is 0 Å². The van der Waals surface area contributed by atoms with Crippen LogP contribution in [0.1, 0.15) is 23.0 Å². The molecule has 0 saturated carbocycles. The average molecular weight is 378 g/mol. The van der Waals surface area contributed by atoms with Crippen LogP contribution in [0.3, 0.4) is 0 Å². The van der Waals surface area contributed by atoms with Crippen LogP contribution in [0.4, 0.5) is 0 Å². The zero-order valence-electron chi connectivity index (χ0n) is 7.90. The first kappa shape index (κ1) is 9.82. The molecule has 2 aromatic rings. The van der Waals surface area contributed by atoms with Crippen LogP contribution in [0, 0.1) is 0 Å². The summed E-state index contributed by atoms with van der Waals surface area (Å²) in [5.41, 5.74) is 2.89. The van der Waals surface area contributed by atoms with Gasteiger partial charge in [0, 0.05) is 0 Å². The van der Waals surface area contributed by atoms with Gasteiger partial charge in [-0.25, -0.2) is 0 Å². The molecular formula is C10H9N2OTl. The molecule has 0 unspecified atom stereocenters. The molecule has 0 aliphatic heterocycles. The summed E-state index contributed by atoms with van der Waals surface area (Å²) in [4.78, 5) is 10.8. The van der Waals surface area contributed by atoms with Gasteiger partial charge in [0.1, 0.15) is 0 Å². The van der Waals surface area contributed by atoms with Crippen molar-refractivity contribution in [2.24, 2.45) is 0 Å². The maximum atomic E-state index is 10.8. The second kappa shape index (κ2) is 3.80. The molecule has 4 heteroatoms. The van der Waals surface area contributed by atoms with Crippen LogP contribution in [0.2, 0.25) is 0 Å². The van der Waals surface area contributed by atoms with Gasteiger partial charge in [0.05, 0.1) is 0 Å². The van der Waals surface area contributed by atoms with E-state index in [2.05, 4.69) is 24.2 Å². The van der Waals surface area contributed by atoms with Crippen LogP contribution in [0.5, 0.6) is 0 Å². The molecule has 2 rings (SSSR count). The third-order valence-corrected chi connectivity index (χ3v) is 3.85. The first-order valence-corrected chi connectivity index (χ1v) is 6.49. The molecule has 1 aromatic carbocycles. The summed E-state index contributed by atoms with van der Waals surface area (Å²) in [6, 6.07) is 6.20. The van der Waals surface area contributed by atoms with E-state index in [1.807, 2.05) is 8.56 Å². The predicted molar refractivity (Wildman–Crippen MR) is 55.7 cm³/mol. The molecule has 0 bridgehead atoms. The van der Waals surface area contributed by atoms with Crippen LogP contribution in [0.25, 0.3) is 10.9 Å². The van der Waals surface area contributed by atoms with Gasteiger partial charge in [-0.15, -0.1) is 0 Å². The summed E-state index contributed by atoms with van der Waals surface area (Å²) in [6.07, 6.45) is 1.82. The van der Waals surface area contributed by atoms with E-state index >= 15 is 0 Å². The number of hydrogen-bond acceptors (Lipinski definition) is 2. The molecule has 0 saturated heterocycles. The van der Waals surface area contributed by atoms with Gasteiger partial charge in [-0.2, -0.15) is 0 Å². The fourth-order valence-corrected chi connectivity index (χ4v) is 2.88. The van der Waals surface area contributed by atoms with Gasteiger partial charge in [0.2, 0.25) is 0 Å². The number of nitrogens with zero attached hydrogens (tertiary/aromatic N) is 2. The maximum absolute atomic E-state index is 10.8. The van der Waals surface area contributed by atoms with E-state index in [1.165, 1.54) is 5.56 Å². The van der Waals surface area contributed by atoms with Crippen LogP contribution in [-0.2, 0) is 6.42 Å². The van der Waals surface area contributed by atoms with Gasteiger partial charge < -0.3 is 0 Å². The van der Waals surface area contributed by atoms with E-state index < -0.39 is 0 Å². The number of benzene rings is 1. The molecule has 0 aliphatic rings. The molecular weight excluding hydrogens is 369 g/mol. The molecule has 0 N–H and O–H groups in total. The molecule has 1 aromatic heterocycles. The Bertz CT molecular complexity index is 490. The molecule has 0 atom stereocenters. The number of aldehydes is 1. The summed E-state index contributed by atoms with van der Waals surface area (Å²) in [7, 11) is 0. The Balaban J connectivity index is 2.77. The van der Waals surface area contributed by atoms with E-state index in [1.54, 1.807) is 0 Å². The summed E-state index contributed by atoms with van der Waals surface area (Å²) in [5, 5.41) is 5.19. The van der Waals surface area contributed by atoms with Crippen molar-refractivity contribution in [3.63, 3.8) is 0 Å². The van der Waals surface area contributed by atoms with Gasteiger partial charge >= 0.3 is 98.4 Å². The number of fused-ring (bicyclic) bond motifs is 1.